The third-order valence-corrected chi connectivity index (χ3v) is 5.06. The first kappa shape index (κ1) is 19.0. The SMILES string of the molecule is COc1ccc(-c2noc([C@H]3CCCN3C(=O)Nc3cc(C)cc(C)c3)n2)cc1. The number of aromatic nitrogens is 2. The third kappa shape index (κ3) is 4.08. The molecule has 150 valence electrons. The van der Waals surface area contributed by atoms with Crippen LogP contribution in [0.4, 0.5) is 10.5 Å². The largest absolute Gasteiger partial charge is 0.497 e. The summed E-state index contributed by atoms with van der Waals surface area (Å²) in [4.78, 5) is 19.2. The first-order valence-corrected chi connectivity index (χ1v) is 9.67. The van der Waals surface area contributed by atoms with Crippen molar-refractivity contribution in [2.45, 2.75) is 32.7 Å². The number of urea groups is 1. The van der Waals surface area contributed by atoms with E-state index in [1.54, 1.807) is 12.0 Å². The van der Waals surface area contributed by atoms with Crippen LogP contribution in [0.3, 0.4) is 0 Å². The molecule has 7 heteroatoms. The van der Waals surface area contributed by atoms with Gasteiger partial charge in [-0.2, -0.15) is 4.98 Å². The van der Waals surface area contributed by atoms with E-state index in [0.29, 0.717) is 18.3 Å². The van der Waals surface area contributed by atoms with E-state index in [0.717, 1.165) is 41.0 Å². The molecule has 0 aliphatic carbocycles. The van der Waals surface area contributed by atoms with Crippen molar-refractivity contribution in [3.63, 3.8) is 0 Å². The van der Waals surface area contributed by atoms with Crippen molar-refractivity contribution in [3.8, 4) is 17.1 Å². The second-order valence-corrected chi connectivity index (χ2v) is 7.34. The molecular formula is C22H24N4O3. The summed E-state index contributed by atoms with van der Waals surface area (Å²) in [5.41, 5.74) is 3.85. The molecule has 0 radical (unpaired) electrons. The number of anilines is 1. The quantitative estimate of drug-likeness (QED) is 0.694. The Morgan fingerprint density at radius 1 is 1.17 bits per heavy atom. The van der Waals surface area contributed by atoms with E-state index in [1.165, 1.54) is 0 Å². The van der Waals surface area contributed by atoms with Crippen LogP contribution in [0.2, 0.25) is 0 Å². The van der Waals surface area contributed by atoms with E-state index in [1.807, 2.05) is 50.2 Å². The Morgan fingerprint density at radius 3 is 2.59 bits per heavy atom. The molecule has 1 aliphatic heterocycles. The number of carbonyl (C=O) groups is 1. The monoisotopic (exact) mass is 392 g/mol. The van der Waals surface area contributed by atoms with Gasteiger partial charge in [-0.1, -0.05) is 11.2 Å². The highest BCUT2D eigenvalue weighted by molar-refractivity contribution is 5.90. The molecule has 2 amide bonds. The number of hydrogen-bond donors (Lipinski definition) is 1. The lowest BCUT2D eigenvalue weighted by atomic mass is 10.1. The molecule has 1 N–H and O–H groups in total. The van der Waals surface area contributed by atoms with Gasteiger partial charge in [-0.15, -0.1) is 0 Å². The molecule has 7 nitrogen and oxygen atoms in total. The molecule has 0 bridgehead atoms. The maximum absolute atomic E-state index is 12.9. The average molecular weight is 392 g/mol. The minimum absolute atomic E-state index is 0.151. The normalized spacial score (nSPS) is 16.1. The van der Waals surface area contributed by atoms with Gasteiger partial charge in [0.05, 0.1) is 7.11 Å². The number of likely N-dealkylation sites (tertiary alicyclic amines) is 1. The summed E-state index contributed by atoms with van der Waals surface area (Å²) < 4.78 is 10.7. The number of aryl methyl sites for hydroxylation is 2. The third-order valence-electron chi connectivity index (χ3n) is 5.06. The Balaban J connectivity index is 1.50. The lowest BCUT2D eigenvalue weighted by Gasteiger charge is -2.22. The molecule has 0 spiro atoms. The van der Waals surface area contributed by atoms with E-state index in [9.17, 15) is 4.79 Å². The van der Waals surface area contributed by atoms with E-state index in [2.05, 4.69) is 21.5 Å². The highest BCUT2D eigenvalue weighted by atomic mass is 16.5. The van der Waals surface area contributed by atoms with Crippen LogP contribution in [-0.2, 0) is 0 Å². The molecule has 2 heterocycles. The molecule has 0 saturated carbocycles. The average Bonchev–Trinajstić information content (AvgIpc) is 3.36. The zero-order chi connectivity index (χ0) is 20.4. The fourth-order valence-corrected chi connectivity index (χ4v) is 3.74. The summed E-state index contributed by atoms with van der Waals surface area (Å²) in [7, 11) is 1.62. The number of methoxy groups -OCH3 is 1. The molecule has 29 heavy (non-hydrogen) atoms. The van der Waals surface area contributed by atoms with Gasteiger partial charge in [0.2, 0.25) is 11.7 Å². The van der Waals surface area contributed by atoms with Crippen LogP contribution < -0.4 is 10.1 Å². The molecular weight excluding hydrogens is 368 g/mol. The molecule has 1 aliphatic rings. The molecule has 1 aromatic heterocycles. The van der Waals surface area contributed by atoms with Crippen molar-refractivity contribution in [1.29, 1.82) is 0 Å². The number of hydrogen-bond acceptors (Lipinski definition) is 5. The van der Waals surface area contributed by atoms with E-state index in [4.69, 9.17) is 9.26 Å². The van der Waals surface area contributed by atoms with Crippen LogP contribution in [0.5, 0.6) is 5.75 Å². The molecule has 0 unspecified atom stereocenters. The van der Waals surface area contributed by atoms with Gasteiger partial charge in [-0.25, -0.2) is 4.79 Å². The van der Waals surface area contributed by atoms with Crippen LogP contribution in [0.15, 0.2) is 47.0 Å². The summed E-state index contributed by atoms with van der Waals surface area (Å²) in [6, 6.07) is 13.1. The second kappa shape index (κ2) is 7.95. The first-order valence-electron chi connectivity index (χ1n) is 9.67. The van der Waals surface area contributed by atoms with Crippen molar-refractivity contribution in [1.82, 2.24) is 15.0 Å². The minimum atomic E-state index is -0.222. The molecule has 3 aromatic rings. The number of carbonyl (C=O) groups excluding carboxylic acids is 1. The highest BCUT2D eigenvalue weighted by Crippen LogP contribution is 2.33. The Bertz CT molecular complexity index is 993. The highest BCUT2D eigenvalue weighted by Gasteiger charge is 2.34. The van der Waals surface area contributed by atoms with Gasteiger partial charge in [0.15, 0.2) is 0 Å². The maximum atomic E-state index is 12.9. The Kier molecular flexibility index (Phi) is 5.20. The number of rotatable bonds is 4. The van der Waals surface area contributed by atoms with Crippen LogP contribution in [-0.4, -0.2) is 34.7 Å². The number of nitrogens with zero attached hydrogens (tertiary/aromatic N) is 3. The van der Waals surface area contributed by atoms with Crippen LogP contribution >= 0.6 is 0 Å². The molecule has 2 aromatic carbocycles. The summed E-state index contributed by atoms with van der Waals surface area (Å²) in [6.07, 6.45) is 1.69. The fourth-order valence-electron chi connectivity index (χ4n) is 3.74. The van der Waals surface area contributed by atoms with Gasteiger partial charge in [0.1, 0.15) is 11.8 Å². The summed E-state index contributed by atoms with van der Waals surface area (Å²) in [5.74, 6) is 1.73. The van der Waals surface area contributed by atoms with Crippen molar-refractivity contribution < 1.29 is 14.1 Å². The van der Waals surface area contributed by atoms with E-state index in [-0.39, 0.29) is 12.1 Å². The van der Waals surface area contributed by atoms with Crippen molar-refractivity contribution in [3.05, 3.63) is 59.5 Å². The molecule has 1 fully saturated rings. The lowest BCUT2D eigenvalue weighted by Crippen LogP contribution is -2.34. The molecule has 4 rings (SSSR count). The van der Waals surface area contributed by atoms with Crippen molar-refractivity contribution in [2.75, 3.05) is 19.0 Å². The van der Waals surface area contributed by atoms with Gasteiger partial charge in [0.25, 0.3) is 0 Å². The van der Waals surface area contributed by atoms with Crippen LogP contribution in [0.1, 0.15) is 35.9 Å². The van der Waals surface area contributed by atoms with Crippen LogP contribution in [0, 0.1) is 13.8 Å². The molecule has 1 saturated heterocycles. The zero-order valence-corrected chi connectivity index (χ0v) is 16.8. The van der Waals surface area contributed by atoms with Gasteiger partial charge in [-0.3, -0.25) is 0 Å². The Hall–Kier alpha value is -3.35. The summed E-state index contributed by atoms with van der Waals surface area (Å²) in [5, 5.41) is 7.10. The fraction of sp³-hybridized carbons (Fsp3) is 0.318. The Morgan fingerprint density at radius 2 is 1.90 bits per heavy atom. The smallest absolute Gasteiger partial charge is 0.322 e. The topological polar surface area (TPSA) is 80.5 Å². The predicted octanol–water partition coefficient (Wildman–Crippen LogP) is 4.73. The predicted molar refractivity (Wildman–Crippen MR) is 110 cm³/mol. The second-order valence-electron chi connectivity index (χ2n) is 7.34. The van der Waals surface area contributed by atoms with Gasteiger partial charge in [0, 0.05) is 17.8 Å². The summed E-state index contributed by atoms with van der Waals surface area (Å²) in [6.45, 7) is 4.68. The number of amides is 2. The Labute approximate surface area is 169 Å². The van der Waals surface area contributed by atoms with Gasteiger partial charge in [-0.05, 0) is 74.2 Å². The number of ether oxygens (including phenoxy) is 1. The van der Waals surface area contributed by atoms with E-state index >= 15 is 0 Å². The number of benzene rings is 2. The number of nitrogens with one attached hydrogen (secondary N) is 1. The maximum Gasteiger partial charge on any atom is 0.322 e. The van der Waals surface area contributed by atoms with Crippen molar-refractivity contribution in [2.24, 2.45) is 0 Å². The zero-order valence-electron chi connectivity index (χ0n) is 16.8. The first-order chi connectivity index (χ1) is 14.0. The van der Waals surface area contributed by atoms with Gasteiger partial charge < -0.3 is 19.5 Å². The lowest BCUT2D eigenvalue weighted by molar-refractivity contribution is 0.193. The van der Waals surface area contributed by atoms with E-state index < -0.39 is 0 Å². The van der Waals surface area contributed by atoms with Gasteiger partial charge >= 0.3 is 6.03 Å². The molecule has 1 atom stereocenters. The van der Waals surface area contributed by atoms with Crippen LogP contribution in [0.25, 0.3) is 11.4 Å². The summed E-state index contributed by atoms with van der Waals surface area (Å²) >= 11 is 0. The van der Waals surface area contributed by atoms with Crippen molar-refractivity contribution >= 4 is 11.7 Å². The standard InChI is InChI=1S/C22H24N4O3/c1-14-11-15(2)13-17(12-14)23-22(27)26-10-4-5-19(26)21-24-20(25-29-21)16-6-8-18(28-3)9-7-16/h6-9,11-13,19H,4-5,10H2,1-3H3,(H,23,27)/t19-/m1/s1. The minimum Gasteiger partial charge on any atom is -0.497 e.